The molecule has 0 N–H and O–H groups in total. The van der Waals surface area contributed by atoms with Crippen molar-refractivity contribution in [3.63, 3.8) is 0 Å². The van der Waals surface area contributed by atoms with Crippen molar-refractivity contribution in [2.45, 2.75) is 18.7 Å². The van der Waals surface area contributed by atoms with Gasteiger partial charge in [-0.1, -0.05) is 11.6 Å². The summed E-state index contributed by atoms with van der Waals surface area (Å²) in [6.07, 6.45) is 0. The fourth-order valence-electron chi connectivity index (χ4n) is 1.66. The number of hydrogen-bond acceptors (Lipinski definition) is 5. The van der Waals surface area contributed by atoms with Gasteiger partial charge in [0.2, 0.25) is 0 Å². The van der Waals surface area contributed by atoms with E-state index in [2.05, 4.69) is 0 Å². The molecular formula is C13H15ClN2O2S. The summed E-state index contributed by atoms with van der Waals surface area (Å²) < 4.78 is 5.03. The molecular weight excluding hydrogens is 284 g/mol. The molecule has 0 heterocycles. The summed E-state index contributed by atoms with van der Waals surface area (Å²) in [5.41, 5.74) is 1.84. The molecule has 4 nitrogen and oxygen atoms in total. The monoisotopic (exact) mass is 298 g/mol. The predicted octanol–water partition coefficient (Wildman–Crippen LogP) is 3.46. The molecule has 0 amide bonds. The number of carbonyl (C=O) groups excluding carboxylic acids is 1. The maximum absolute atomic E-state index is 12.0. The van der Waals surface area contributed by atoms with Gasteiger partial charge in [0, 0.05) is 19.0 Å². The first kappa shape index (κ1) is 15.7. The van der Waals surface area contributed by atoms with E-state index in [0.717, 1.165) is 17.3 Å². The zero-order valence-electron chi connectivity index (χ0n) is 11.3. The number of rotatable bonds is 4. The summed E-state index contributed by atoms with van der Waals surface area (Å²) in [5, 5.41) is 11.1. The molecule has 0 aliphatic rings. The van der Waals surface area contributed by atoms with Gasteiger partial charge < -0.3 is 9.64 Å². The number of hydrogen-bond donors (Lipinski definition) is 0. The van der Waals surface area contributed by atoms with Crippen molar-refractivity contribution in [1.82, 2.24) is 0 Å². The highest BCUT2D eigenvalue weighted by atomic mass is 35.5. The Hall–Kier alpha value is -1.38. The van der Waals surface area contributed by atoms with Crippen molar-refractivity contribution in [2.75, 3.05) is 25.6 Å². The maximum atomic E-state index is 12.0. The smallest absolute Gasteiger partial charge is 0.341 e. The minimum atomic E-state index is -0.476. The Morgan fingerprint density at radius 1 is 1.58 bits per heavy atom. The van der Waals surface area contributed by atoms with E-state index in [4.69, 9.17) is 21.6 Å². The summed E-state index contributed by atoms with van der Waals surface area (Å²) in [6.45, 7) is 3.87. The summed E-state index contributed by atoms with van der Waals surface area (Å²) in [6, 6.07) is 1.83. The van der Waals surface area contributed by atoms with E-state index < -0.39 is 5.97 Å². The quantitative estimate of drug-likeness (QED) is 0.484. The molecule has 0 unspecified atom stereocenters. The van der Waals surface area contributed by atoms with Crippen molar-refractivity contribution in [2.24, 2.45) is 0 Å². The lowest BCUT2D eigenvalue weighted by atomic mass is 10.1. The van der Waals surface area contributed by atoms with Crippen LogP contribution in [-0.2, 0) is 4.74 Å². The molecule has 6 heteroatoms. The normalized spacial score (nSPS) is 9.89. The Morgan fingerprint density at radius 2 is 2.21 bits per heavy atom. The number of halogens is 1. The zero-order chi connectivity index (χ0) is 14.6. The summed E-state index contributed by atoms with van der Waals surface area (Å²) in [5.74, 6) is -0.476. The van der Waals surface area contributed by atoms with Crippen molar-refractivity contribution in [3.05, 3.63) is 22.2 Å². The Balaban J connectivity index is 3.51. The van der Waals surface area contributed by atoms with Gasteiger partial charge in [0.1, 0.15) is 11.0 Å². The Morgan fingerprint density at radius 3 is 2.68 bits per heavy atom. The number of nitriles is 1. The molecule has 0 saturated heterocycles. The second-order valence-electron chi connectivity index (χ2n) is 4.04. The lowest BCUT2D eigenvalue weighted by Gasteiger charge is -2.20. The average molecular weight is 299 g/mol. The molecule has 102 valence electrons. The van der Waals surface area contributed by atoms with Gasteiger partial charge in [-0.3, -0.25) is 0 Å². The molecule has 0 saturated carbocycles. The Kier molecular flexibility index (Phi) is 5.52. The van der Waals surface area contributed by atoms with Crippen LogP contribution in [0, 0.1) is 17.6 Å². The molecule has 19 heavy (non-hydrogen) atoms. The van der Waals surface area contributed by atoms with Crippen LogP contribution in [0.4, 0.5) is 5.69 Å². The van der Waals surface area contributed by atoms with Crippen molar-refractivity contribution in [1.29, 1.82) is 5.26 Å². The van der Waals surface area contributed by atoms with Crippen LogP contribution in [0.3, 0.4) is 0 Å². The standard InChI is InChI=1S/C13H15ClN2O2S/c1-5-18-13(17)10-9(16(3)4)6-8(2)12(11(10)14)19-7-15/h6H,5H2,1-4H3. The van der Waals surface area contributed by atoms with Crippen LogP contribution in [0.5, 0.6) is 0 Å². The molecule has 1 aromatic rings. The average Bonchev–Trinajstić information content (AvgIpc) is 2.33. The van der Waals surface area contributed by atoms with E-state index >= 15 is 0 Å². The molecule has 0 aliphatic heterocycles. The fraction of sp³-hybridized carbons (Fsp3) is 0.385. The third kappa shape index (κ3) is 3.34. The number of ether oxygens (including phenoxy) is 1. The van der Waals surface area contributed by atoms with Gasteiger partial charge in [0.25, 0.3) is 0 Å². The first-order valence-electron chi connectivity index (χ1n) is 5.67. The third-order valence-electron chi connectivity index (χ3n) is 2.50. The number of thiocyanates is 1. The van der Waals surface area contributed by atoms with Crippen LogP contribution in [-0.4, -0.2) is 26.7 Å². The van der Waals surface area contributed by atoms with Gasteiger partial charge in [0.15, 0.2) is 0 Å². The first-order chi connectivity index (χ1) is 8.93. The van der Waals surface area contributed by atoms with Crippen LogP contribution in [0.2, 0.25) is 5.02 Å². The van der Waals surface area contributed by atoms with E-state index in [0.29, 0.717) is 16.1 Å². The summed E-state index contributed by atoms with van der Waals surface area (Å²) in [7, 11) is 3.65. The van der Waals surface area contributed by atoms with E-state index in [9.17, 15) is 4.79 Å². The predicted molar refractivity (Wildman–Crippen MR) is 77.9 cm³/mol. The molecule has 0 aromatic heterocycles. The van der Waals surface area contributed by atoms with Crippen LogP contribution < -0.4 is 4.90 Å². The topological polar surface area (TPSA) is 53.3 Å². The highest BCUT2D eigenvalue weighted by Gasteiger charge is 2.23. The van der Waals surface area contributed by atoms with Crippen LogP contribution >= 0.6 is 23.4 Å². The summed E-state index contributed by atoms with van der Waals surface area (Å²) in [4.78, 5) is 14.4. The highest BCUT2D eigenvalue weighted by Crippen LogP contribution is 2.38. The Labute approximate surface area is 122 Å². The third-order valence-corrected chi connectivity index (χ3v) is 3.81. The second-order valence-corrected chi connectivity index (χ2v) is 5.21. The van der Waals surface area contributed by atoms with Crippen molar-refractivity contribution in [3.8, 4) is 5.40 Å². The van der Waals surface area contributed by atoms with Crippen molar-refractivity contribution < 1.29 is 9.53 Å². The van der Waals surface area contributed by atoms with Gasteiger partial charge in [0.05, 0.1) is 17.3 Å². The zero-order valence-corrected chi connectivity index (χ0v) is 12.9. The van der Waals surface area contributed by atoms with E-state index in [1.54, 1.807) is 11.8 Å². The summed E-state index contributed by atoms with van der Waals surface area (Å²) >= 11 is 7.22. The number of aryl methyl sites for hydroxylation is 1. The van der Waals surface area contributed by atoms with Crippen LogP contribution in [0.15, 0.2) is 11.0 Å². The maximum Gasteiger partial charge on any atom is 0.341 e. The SMILES string of the molecule is CCOC(=O)c1c(N(C)C)cc(C)c(SC#N)c1Cl. The second kappa shape index (κ2) is 6.69. The number of anilines is 1. The number of benzene rings is 1. The number of nitrogens with zero attached hydrogens (tertiary/aromatic N) is 2. The molecule has 0 fully saturated rings. The van der Waals surface area contributed by atoms with Crippen molar-refractivity contribution >= 4 is 35.0 Å². The lowest BCUT2D eigenvalue weighted by Crippen LogP contribution is -2.17. The fourth-order valence-corrected chi connectivity index (χ4v) is 2.60. The van der Waals surface area contributed by atoms with Gasteiger partial charge in [-0.2, -0.15) is 5.26 Å². The number of thioether (sulfide) groups is 1. The molecule has 0 atom stereocenters. The van der Waals surface area contributed by atoms with Gasteiger partial charge >= 0.3 is 5.97 Å². The van der Waals surface area contributed by atoms with E-state index in [1.807, 2.05) is 32.5 Å². The van der Waals surface area contributed by atoms with Gasteiger partial charge in [-0.25, -0.2) is 4.79 Å². The molecule has 1 aromatic carbocycles. The first-order valence-corrected chi connectivity index (χ1v) is 6.86. The van der Waals surface area contributed by atoms with E-state index in [1.165, 1.54) is 0 Å². The van der Waals surface area contributed by atoms with Crippen LogP contribution in [0.25, 0.3) is 0 Å². The number of esters is 1. The van der Waals surface area contributed by atoms with E-state index in [-0.39, 0.29) is 11.6 Å². The molecule has 1 rings (SSSR count). The lowest BCUT2D eigenvalue weighted by molar-refractivity contribution is 0.0527. The highest BCUT2D eigenvalue weighted by molar-refractivity contribution is 8.03. The molecule has 0 radical (unpaired) electrons. The Bertz CT molecular complexity index is 538. The minimum absolute atomic E-state index is 0.272. The molecule has 0 bridgehead atoms. The van der Waals surface area contributed by atoms with Gasteiger partial charge in [-0.05, 0) is 37.2 Å². The largest absolute Gasteiger partial charge is 0.462 e. The number of carbonyl (C=O) groups is 1. The minimum Gasteiger partial charge on any atom is -0.462 e. The van der Waals surface area contributed by atoms with Gasteiger partial charge in [-0.15, -0.1) is 0 Å². The van der Waals surface area contributed by atoms with Crippen LogP contribution in [0.1, 0.15) is 22.8 Å². The molecule has 0 spiro atoms. The molecule has 0 aliphatic carbocycles.